The van der Waals surface area contributed by atoms with E-state index in [0.717, 1.165) is 11.1 Å². The summed E-state index contributed by atoms with van der Waals surface area (Å²) in [5.74, 6) is 0.692. The van der Waals surface area contributed by atoms with Gasteiger partial charge < -0.3 is 25.2 Å². The summed E-state index contributed by atoms with van der Waals surface area (Å²) in [5.41, 5.74) is 4.24. The van der Waals surface area contributed by atoms with Gasteiger partial charge in [0.25, 0.3) is 0 Å². The van der Waals surface area contributed by atoms with E-state index in [1.807, 2.05) is 42.5 Å². The van der Waals surface area contributed by atoms with E-state index in [1.165, 1.54) is 5.56 Å². The molecule has 0 saturated heterocycles. The highest BCUT2D eigenvalue weighted by molar-refractivity contribution is 5.89. The molecule has 0 fully saturated rings. The van der Waals surface area contributed by atoms with E-state index in [4.69, 9.17) is 9.47 Å². The molecule has 2 aromatic carbocycles. The van der Waals surface area contributed by atoms with Gasteiger partial charge in [-0.25, -0.2) is 4.79 Å². The Morgan fingerprint density at radius 2 is 1.86 bits per heavy atom. The fourth-order valence-electron chi connectivity index (χ4n) is 2.94. The molecule has 2 aromatic rings. The van der Waals surface area contributed by atoms with Gasteiger partial charge in [0.15, 0.2) is 0 Å². The molecule has 6 nitrogen and oxygen atoms in total. The number of hydrogen-bond donors (Lipinski definition) is 3. The SMILES string of the molecule is CC(C)(C)c1ccc(OCC(O)CNC(=O)Nc2ccc3c(c2)COC3)cc1. The van der Waals surface area contributed by atoms with Gasteiger partial charge in [0, 0.05) is 12.2 Å². The maximum Gasteiger partial charge on any atom is 0.319 e. The molecule has 1 heterocycles. The van der Waals surface area contributed by atoms with Crippen LogP contribution in [-0.4, -0.2) is 30.4 Å². The molecule has 3 rings (SSSR count). The van der Waals surface area contributed by atoms with Gasteiger partial charge in [-0.1, -0.05) is 39.0 Å². The fraction of sp³-hybridized carbons (Fsp3) is 0.409. The van der Waals surface area contributed by atoms with Crippen molar-refractivity contribution >= 4 is 11.7 Å². The van der Waals surface area contributed by atoms with Crippen LogP contribution in [0, 0.1) is 0 Å². The summed E-state index contributed by atoms with van der Waals surface area (Å²) in [4.78, 5) is 12.0. The van der Waals surface area contributed by atoms with Crippen LogP contribution in [0.1, 0.15) is 37.5 Å². The molecule has 28 heavy (non-hydrogen) atoms. The number of carbonyl (C=O) groups excluding carboxylic acids is 1. The number of benzene rings is 2. The molecular weight excluding hydrogens is 356 g/mol. The van der Waals surface area contributed by atoms with Crippen LogP contribution in [0.3, 0.4) is 0 Å². The second-order valence-electron chi connectivity index (χ2n) is 8.05. The number of ether oxygens (including phenoxy) is 2. The van der Waals surface area contributed by atoms with Gasteiger partial charge in [0.1, 0.15) is 18.5 Å². The minimum Gasteiger partial charge on any atom is -0.491 e. The first-order valence-corrected chi connectivity index (χ1v) is 9.47. The first-order valence-electron chi connectivity index (χ1n) is 9.47. The second kappa shape index (κ2) is 8.63. The molecule has 0 bridgehead atoms. The van der Waals surface area contributed by atoms with Crippen molar-refractivity contribution in [1.82, 2.24) is 5.32 Å². The summed E-state index contributed by atoms with van der Waals surface area (Å²) in [6.07, 6.45) is -0.804. The van der Waals surface area contributed by atoms with Crippen LogP contribution >= 0.6 is 0 Å². The Morgan fingerprint density at radius 3 is 2.57 bits per heavy atom. The lowest BCUT2D eigenvalue weighted by molar-refractivity contribution is 0.108. The van der Waals surface area contributed by atoms with E-state index in [2.05, 4.69) is 31.4 Å². The van der Waals surface area contributed by atoms with Gasteiger partial charge in [0.2, 0.25) is 0 Å². The van der Waals surface area contributed by atoms with E-state index in [-0.39, 0.29) is 24.6 Å². The van der Waals surface area contributed by atoms with Gasteiger partial charge in [-0.05, 0) is 46.4 Å². The molecule has 3 N–H and O–H groups in total. The summed E-state index contributed by atoms with van der Waals surface area (Å²) < 4.78 is 11.0. The highest BCUT2D eigenvalue weighted by atomic mass is 16.5. The summed E-state index contributed by atoms with van der Waals surface area (Å²) in [6, 6.07) is 13.2. The highest BCUT2D eigenvalue weighted by Gasteiger charge is 2.14. The average Bonchev–Trinajstić information content (AvgIpc) is 3.12. The predicted octanol–water partition coefficient (Wildman–Crippen LogP) is 3.58. The number of nitrogens with one attached hydrogen (secondary N) is 2. The number of hydrogen-bond acceptors (Lipinski definition) is 4. The number of fused-ring (bicyclic) bond motifs is 1. The molecule has 150 valence electrons. The Hall–Kier alpha value is -2.57. The molecule has 0 saturated carbocycles. The molecule has 1 unspecified atom stereocenters. The Kier molecular flexibility index (Phi) is 6.21. The zero-order valence-corrected chi connectivity index (χ0v) is 16.6. The zero-order valence-electron chi connectivity index (χ0n) is 16.6. The van der Waals surface area contributed by atoms with Crippen molar-refractivity contribution in [3.05, 3.63) is 59.2 Å². The number of carbonyl (C=O) groups is 1. The molecule has 1 atom stereocenters. The van der Waals surface area contributed by atoms with Crippen molar-refractivity contribution in [3.8, 4) is 5.75 Å². The summed E-state index contributed by atoms with van der Waals surface area (Å²) in [7, 11) is 0. The van der Waals surface area contributed by atoms with E-state index in [1.54, 1.807) is 0 Å². The van der Waals surface area contributed by atoms with Crippen LogP contribution in [0.25, 0.3) is 0 Å². The monoisotopic (exact) mass is 384 g/mol. The fourth-order valence-corrected chi connectivity index (χ4v) is 2.94. The minimum atomic E-state index is -0.804. The maximum atomic E-state index is 12.0. The minimum absolute atomic E-state index is 0.0845. The number of rotatable bonds is 6. The lowest BCUT2D eigenvalue weighted by Gasteiger charge is -2.19. The standard InChI is InChI=1S/C22H28N2O4/c1-22(2,3)17-5-8-20(9-6-17)28-14-19(25)11-23-21(26)24-18-7-4-15-12-27-13-16(15)10-18/h4-10,19,25H,11-14H2,1-3H3,(H2,23,24,26). The largest absolute Gasteiger partial charge is 0.491 e. The molecular formula is C22H28N2O4. The van der Waals surface area contributed by atoms with Crippen molar-refractivity contribution in [3.63, 3.8) is 0 Å². The van der Waals surface area contributed by atoms with Gasteiger partial charge in [-0.15, -0.1) is 0 Å². The van der Waals surface area contributed by atoms with Gasteiger partial charge in [-0.3, -0.25) is 0 Å². The first-order chi connectivity index (χ1) is 13.3. The van der Waals surface area contributed by atoms with Crippen molar-refractivity contribution < 1.29 is 19.4 Å². The number of urea groups is 1. The van der Waals surface area contributed by atoms with Crippen LogP contribution in [0.2, 0.25) is 0 Å². The first kappa shape index (κ1) is 20.2. The Balaban J connectivity index is 1.40. The summed E-state index contributed by atoms with van der Waals surface area (Å²) in [6.45, 7) is 7.84. The van der Waals surface area contributed by atoms with Crippen LogP contribution in [0.4, 0.5) is 10.5 Å². The van der Waals surface area contributed by atoms with E-state index in [0.29, 0.717) is 24.7 Å². The molecule has 1 aliphatic rings. The highest BCUT2D eigenvalue weighted by Crippen LogP contribution is 2.24. The molecule has 0 radical (unpaired) electrons. The molecule has 0 aromatic heterocycles. The van der Waals surface area contributed by atoms with Crippen molar-refractivity contribution in [2.75, 3.05) is 18.5 Å². The summed E-state index contributed by atoms with van der Waals surface area (Å²) in [5, 5.41) is 15.5. The Labute approximate surface area is 165 Å². The van der Waals surface area contributed by atoms with E-state index >= 15 is 0 Å². The molecule has 0 spiro atoms. The number of aliphatic hydroxyl groups is 1. The quantitative estimate of drug-likeness (QED) is 0.711. The van der Waals surface area contributed by atoms with Crippen LogP contribution < -0.4 is 15.4 Å². The van der Waals surface area contributed by atoms with Crippen LogP contribution in [-0.2, 0) is 23.4 Å². The Bertz CT molecular complexity index is 812. The van der Waals surface area contributed by atoms with Gasteiger partial charge in [0.05, 0.1) is 13.2 Å². The number of anilines is 1. The lowest BCUT2D eigenvalue weighted by atomic mass is 9.87. The lowest BCUT2D eigenvalue weighted by Crippen LogP contribution is -2.37. The van der Waals surface area contributed by atoms with Gasteiger partial charge >= 0.3 is 6.03 Å². The van der Waals surface area contributed by atoms with Gasteiger partial charge in [-0.2, -0.15) is 0 Å². The normalized spacial score (nSPS) is 14.3. The Morgan fingerprint density at radius 1 is 1.14 bits per heavy atom. The van der Waals surface area contributed by atoms with E-state index < -0.39 is 6.10 Å². The molecule has 6 heteroatoms. The maximum absolute atomic E-state index is 12.0. The second-order valence-corrected chi connectivity index (χ2v) is 8.05. The third-order valence-corrected chi connectivity index (χ3v) is 4.64. The molecule has 1 aliphatic heterocycles. The van der Waals surface area contributed by atoms with Crippen molar-refractivity contribution in [1.29, 1.82) is 0 Å². The topological polar surface area (TPSA) is 79.8 Å². The molecule has 0 aliphatic carbocycles. The van der Waals surface area contributed by atoms with E-state index in [9.17, 15) is 9.90 Å². The number of aliphatic hydroxyl groups excluding tert-OH is 1. The predicted molar refractivity (Wildman–Crippen MR) is 109 cm³/mol. The number of amides is 2. The third kappa shape index (κ3) is 5.47. The smallest absolute Gasteiger partial charge is 0.319 e. The zero-order chi connectivity index (χ0) is 20.1. The van der Waals surface area contributed by atoms with Crippen LogP contribution in [0.5, 0.6) is 5.75 Å². The average molecular weight is 384 g/mol. The van der Waals surface area contributed by atoms with Crippen molar-refractivity contribution in [2.45, 2.75) is 45.5 Å². The third-order valence-electron chi connectivity index (χ3n) is 4.64. The van der Waals surface area contributed by atoms with Crippen molar-refractivity contribution in [2.24, 2.45) is 0 Å². The summed E-state index contributed by atoms with van der Waals surface area (Å²) >= 11 is 0. The molecule has 2 amide bonds. The van der Waals surface area contributed by atoms with Crippen LogP contribution in [0.15, 0.2) is 42.5 Å².